The molecule has 0 heterocycles. The van der Waals surface area contributed by atoms with E-state index in [4.69, 9.17) is 28.0 Å². The third-order valence-corrected chi connectivity index (χ3v) is 3.62. The number of carboxylic acids is 1. The van der Waals surface area contributed by atoms with Gasteiger partial charge in [-0.2, -0.15) is 0 Å². The van der Waals surface area contributed by atoms with Crippen molar-refractivity contribution in [2.45, 2.75) is 18.9 Å². The third kappa shape index (κ3) is 6.89. The van der Waals surface area contributed by atoms with Gasteiger partial charge in [-0.25, -0.2) is 0 Å². The van der Waals surface area contributed by atoms with E-state index in [2.05, 4.69) is 0 Å². The van der Waals surface area contributed by atoms with Gasteiger partial charge in [-0.1, -0.05) is 24.3 Å². The second-order valence-corrected chi connectivity index (χ2v) is 5.71. The normalized spacial score (nSPS) is 11.0. The SMILES string of the molecule is NCCC(=O)c1ccccc1N.Nc1ccccc1C(=O)CC(N)C(=O)O. The molecule has 2 aromatic rings. The molecule has 144 valence electrons. The molecule has 1 atom stereocenters. The Kier molecular flexibility index (Phi) is 8.64. The lowest BCUT2D eigenvalue weighted by Crippen LogP contribution is -2.32. The maximum Gasteiger partial charge on any atom is 0.320 e. The number of carbonyl (C=O) groups is 3. The van der Waals surface area contributed by atoms with Crippen molar-refractivity contribution >= 4 is 28.9 Å². The molecule has 0 fully saturated rings. The summed E-state index contributed by atoms with van der Waals surface area (Å²) in [4.78, 5) is 33.3. The molecule has 0 aliphatic rings. The fraction of sp³-hybridized carbons (Fsp3) is 0.211. The molecule has 0 saturated carbocycles. The summed E-state index contributed by atoms with van der Waals surface area (Å²) in [6.07, 6.45) is 0.109. The average molecular weight is 372 g/mol. The van der Waals surface area contributed by atoms with Crippen LogP contribution in [0.2, 0.25) is 0 Å². The number of anilines is 2. The summed E-state index contributed by atoms with van der Waals surface area (Å²) in [5.41, 5.74) is 23.4. The molecule has 8 heteroatoms. The lowest BCUT2D eigenvalue weighted by molar-refractivity contribution is -0.138. The van der Waals surface area contributed by atoms with Crippen molar-refractivity contribution in [3.8, 4) is 0 Å². The maximum absolute atomic E-state index is 11.6. The van der Waals surface area contributed by atoms with Crippen LogP contribution in [0.4, 0.5) is 11.4 Å². The number of benzene rings is 2. The Morgan fingerprint density at radius 3 is 1.70 bits per heavy atom. The van der Waals surface area contributed by atoms with Gasteiger partial charge in [-0.3, -0.25) is 14.4 Å². The monoisotopic (exact) mass is 372 g/mol. The quantitative estimate of drug-likeness (QED) is 0.354. The number of nitrogen functional groups attached to an aromatic ring is 2. The number of aliphatic carboxylic acids is 1. The minimum Gasteiger partial charge on any atom is -0.480 e. The van der Waals surface area contributed by atoms with Crippen LogP contribution in [0.3, 0.4) is 0 Å². The first-order valence-electron chi connectivity index (χ1n) is 8.21. The summed E-state index contributed by atoms with van der Waals surface area (Å²) in [6, 6.07) is 12.3. The highest BCUT2D eigenvalue weighted by molar-refractivity contribution is 6.02. The highest BCUT2D eigenvalue weighted by atomic mass is 16.4. The number of rotatable bonds is 7. The average Bonchev–Trinajstić information content (AvgIpc) is 2.63. The van der Waals surface area contributed by atoms with E-state index >= 15 is 0 Å². The van der Waals surface area contributed by atoms with E-state index in [0.717, 1.165) is 0 Å². The van der Waals surface area contributed by atoms with Gasteiger partial charge in [0, 0.05) is 35.3 Å². The molecule has 0 spiro atoms. The molecule has 0 saturated heterocycles. The number of ketones is 2. The lowest BCUT2D eigenvalue weighted by Gasteiger charge is -2.07. The second kappa shape index (κ2) is 10.7. The van der Waals surface area contributed by atoms with Crippen molar-refractivity contribution in [3.63, 3.8) is 0 Å². The van der Waals surface area contributed by atoms with Crippen molar-refractivity contribution in [2.75, 3.05) is 18.0 Å². The number of carbonyl (C=O) groups excluding carboxylic acids is 2. The van der Waals surface area contributed by atoms with Gasteiger partial charge < -0.3 is 28.0 Å². The largest absolute Gasteiger partial charge is 0.480 e. The third-order valence-electron chi connectivity index (χ3n) is 3.62. The topological polar surface area (TPSA) is 176 Å². The number of hydrogen-bond acceptors (Lipinski definition) is 7. The van der Waals surface area contributed by atoms with Gasteiger partial charge in [0.1, 0.15) is 6.04 Å². The predicted molar refractivity (Wildman–Crippen MR) is 104 cm³/mol. The molecule has 0 radical (unpaired) electrons. The summed E-state index contributed by atoms with van der Waals surface area (Å²) < 4.78 is 0. The molecule has 1 unspecified atom stereocenters. The standard InChI is InChI=1S/C10H12N2O3.C9H12N2O/c11-7-4-2-1-3-6(7)9(13)5-8(12)10(14)15;10-6-5-9(12)7-3-1-2-4-8(7)11/h1-4,8H,5,11-12H2,(H,14,15);1-4H,5-6,10-11H2. The van der Waals surface area contributed by atoms with E-state index in [-0.39, 0.29) is 18.0 Å². The van der Waals surface area contributed by atoms with Gasteiger partial charge in [0.15, 0.2) is 11.6 Å². The summed E-state index contributed by atoms with van der Waals surface area (Å²) in [7, 11) is 0. The summed E-state index contributed by atoms with van der Waals surface area (Å²) in [6.45, 7) is 0.368. The van der Waals surface area contributed by atoms with E-state index in [9.17, 15) is 14.4 Å². The van der Waals surface area contributed by atoms with Crippen molar-refractivity contribution in [3.05, 3.63) is 59.7 Å². The Hall–Kier alpha value is -3.23. The molecule has 2 rings (SSSR count). The number of hydrogen-bond donors (Lipinski definition) is 5. The minimum atomic E-state index is -1.20. The van der Waals surface area contributed by atoms with Crippen LogP contribution in [-0.4, -0.2) is 35.2 Å². The molecule has 0 aliphatic carbocycles. The molecule has 2 aromatic carbocycles. The minimum absolute atomic E-state index is 0.00981. The molecule has 0 aliphatic heterocycles. The lowest BCUT2D eigenvalue weighted by atomic mass is 10.0. The van der Waals surface area contributed by atoms with Gasteiger partial charge in [0.25, 0.3) is 0 Å². The molecule has 27 heavy (non-hydrogen) atoms. The van der Waals surface area contributed by atoms with Crippen LogP contribution >= 0.6 is 0 Å². The Morgan fingerprint density at radius 2 is 1.30 bits per heavy atom. The molecule has 0 aromatic heterocycles. The van der Waals surface area contributed by atoms with E-state index in [0.29, 0.717) is 35.5 Å². The van der Waals surface area contributed by atoms with Gasteiger partial charge in [-0.05, 0) is 30.8 Å². The van der Waals surface area contributed by atoms with E-state index < -0.39 is 12.0 Å². The van der Waals surface area contributed by atoms with Crippen LogP contribution in [0.1, 0.15) is 33.6 Å². The fourth-order valence-electron chi connectivity index (χ4n) is 2.16. The van der Waals surface area contributed by atoms with Crippen LogP contribution in [0, 0.1) is 0 Å². The Balaban J connectivity index is 0.000000277. The van der Waals surface area contributed by atoms with Crippen LogP contribution < -0.4 is 22.9 Å². The Labute approximate surface area is 157 Å². The van der Waals surface area contributed by atoms with Crippen molar-refractivity contribution in [2.24, 2.45) is 11.5 Å². The molecule has 8 nitrogen and oxygen atoms in total. The molecular weight excluding hydrogens is 348 g/mol. The van der Waals surface area contributed by atoms with Crippen molar-refractivity contribution in [1.29, 1.82) is 0 Å². The van der Waals surface area contributed by atoms with Gasteiger partial charge in [0.2, 0.25) is 0 Å². The number of Topliss-reactive ketones (excluding diaryl/α,β-unsaturated/α-hetero) is 2. The number of nitrogens with two attached hydrogens (primary N) is 4. The predicted octanol–water partition coefficient (Wildman–Crippen LogP) is 1.05. The Bertz CT molecular complexity index is 808. The van der Waals surface area contributed by atoms with Crippen LogP contribution in [0.15, 0.2) is 48.5 Å². The molecule has 9 N–H and O–H groups in total. The van der Waals surface area contributed by atoms with Crippen LogP contribution in [0.25, 0.3) is 0 Å². The van der Waals surface area contributed by atoms with Crippen molar-refractivity contribution < 1.29 is 19.5 Å². The van der Waals surface area contributed by atoms with Crippen molar-refractivity contribution in [1.82, 2.24) is 0 Å². The van der Waals surface area contributed by atoms with E-state index in [1.54, 1.807) is 48.5 Å². The first-order valence-corrected chi connectivity index (χ1v) is 8.21. The second-order valence-electron chi connectivity index (χ2n) is 5.71. The summed E-state index contributed by atoms with van der Waals surface area (Å²) in [5, 5.41) is 8.54. The van der Waals surface area contributed by atoms with Crippen LogP contribution in [0.5, 0.6) is 0 Å². The fourth-order valence-corrected chi connectivity index (χ4v) is 2.16. The highest BCUT2D eigenvalue weighted by Crippen LogP contribution is 2.13. The zero-order chi connectivity index (χ0) is 20.4. The molecular formula is C19H24N4O4. The zero-order valence-corrected chi connectivity index (χ0v) is 14.8. The smallest absolute Gasteiger partial charge is 0.320 e. The molecule has 0 bridgehead atoms. The van der Waals surface area contributed by atoms with Gasteiger partial charge >= 0.3 is 5.97 Å². The van der Waals surface area contributed by atoms with E-state index in [1.807, 2.05) is 0 Å². The highest BCUT2D eigenvalue weighted by Gasteiger charge is 2.18. The first-order chi connectivity index (χ1) is 12.8. The van der Waals surface area contributed by atoms with Crippen LogP contribution in [-0.2, 0) is 4.79 Å². The zero-order valence-electron chi connectivity index (χ0n) is 14.8. The number of para-hydroxylation sites is 2. The van der Waals surface area contributed by atoms with E-state index in [1.165, 1.54) is 0 Å². The van der Waals surface area contributed by atoms with Gasteiger partial charge in [-0.15, -0.1) is 0 Å². The van der Waals surface area contributed by atoms with Gasteiger partial charge in [0.05, 0.1) is 0 Å². The molecule has 0 amide bonds. The summed E-state index contributed by atoms with van der Waals surface area (Å²) >= 11 is 0. The first kappa shape index (κ1) is 21.8. The Morgan fingerprint density at radius 1 is 0.852 bits per heavy atom. The maximum atomic E-state index is 11.6. The number of carboxylic acid groups (broad SMARTS) is 1. The summed E-state index contributed by atoms with van der Waals surface area (Å²) in [5.74, 6) is -1.54.